The predicted octanol–water partition coefficient (Wildman–Crippen LogP) is 3.64. The maximum Gasteiger partial charge on any atom is 0.130 e. The van der Waals surface area contributed by atoms with Crippen LogP contribution in [0.25, 0.3) is 0 Å². The van der Waals surface area contributed by atoms with Crippen molar-refractivity contribution in [1.82, 2.24) is 5.32 Å². The molecule has 0 spiro atoms. The lowest BCUT2D eigenvalue weighted by molar-refractivity contribution is 0.403. The lowest BCUT2D eigenvalue weighted by Gasteiger charge is -2.26. The molecule has 0 aromatic heterocycles. The monoisotopic (exact) mass is 265 g/mol. The van der Waals surface area contributed by atoms with E-state index in [1.54, 1.807) is 7.11 Å². The van der Waals surface area contributed by atoms with Crippen LogP contribution in [0.3, 0.4) is 0 Å². The number of nitrogens with one attached hydrogen (secondary N) is 1. The average molecular weight is 265 g/mol. The van der Waals surface area contributed by atoms with E-state index < -0.39 is 0 Å². The smallest absolute Gasteiger partial charge is 0.130 e. The number of methoxy groups -OCH3 is 1. The van der Waals surface area contributed by atoms with Crippen LogP contribution in [0.2, 0.25) is 0 Å². The van der Waals surface area contributed by atoms with E-state index in [9.17, 15) is 4.39 Å². The summed E-state index contributed by atoms with van der Waals surface area (Å²) in [5.41, 5.74) is 0.774. The fourth-order valence-electron chi connectivity index (χ4n) is 3.12. The summed E-state index contributed by atoms with van der Waals surface area (Å²) in [6, 6.07) is 5.76. The Balaban J connectivity index is 2.13. The molecule has 0 bridgehead atoms. The third kappa shape index (κ3) is 3.08. The summed E-state index contributed by atoms with van der Waals surface area (Å²) < 4.78 is 19.3. The summed E-state index contributed by atoms with van der Waals surface area (Å²) >= 11 is 0. The summed E-state index contributed by atoms with van der Waals surface area (Å²) in [5.74, 6) is 0.446. The zero-order valence-electron chi connectivity index (χ0n) is 12.1. The largest absolute Gasteiger partial charge is 0.497 e. The Hall–Kier alpha value is -1.09. The maximum absolute atomic E-state index is 14.2. The zero-order valence-corrected chi connectivity index (χ0v) is 12.1. The first kappa shape index (κ1) is 14.3. The molecule has 0 radical (unpaired) electrons. The molecule has 3 heteroatoms. The third-order valence-electron chi connectivity index (χ3n) is 4.25. The Bertz CT molecular complexity index is 435. The first-order valence-electron chi connectivity index (χ1n) is 7.16. The van der Waals surface area contributed by atoms with Crippen molar-refractivity contribution in [1.29, 1.82) is 0 Å². The second-order valence-corrected chi connectivity index (χ2v) is 5.80. The van der Waals surface area contributed by atoms with E-state index in [0.29, 0.717) is 11.8 Å². The van der Waals surface area contributed by atoms with Gasteiger partial charge >= 0.3 is 0 Å². The van der Waals surface area contributed by atoms with Crippen molar-refractivity contribution in [2.45, 2.75) is 51.0 Å². The summed E-state index contributed by atoms with van der Waals surface area (Å²) in [5, 5.41) is 3.55. The highest BCUT2D eigenvalue weighted by molar-refractivity contribution is 5.34. The van der Waals surface area contributed by atoms with Gasteiger partial charge in [0, 0.05) is 12.1 Å². The molecule has 2 rings (SSSR count). The highest BCUT2D eigenvalue weighted by atomic mass is 19.1. The molecule has 106 valence electrons. The van der Waals surface area contributed by atoms with E-state index in [4.69, 9.17) is 4.74 Å². The number of ether oxygens (including phenoxy) is 1. The van der Waals surface area contributed by atoms with Crippen molar-refractivity contribution in [3.63, 3.8) is 0 Å². The first-order valence-corrected chi connectivity index (χ1v) is 7.16. The van der Waals surface area contributed by atoms with E-state index in [1.165, 1.54) is 6.07 Å². The highest BCUT2D eigenvalue weighted by Gasteiger charge is 2.37. The second-order valence-electron chi connectivity index (χ2n) is 5.80. The van der Waals surface area contributed by atoms with E-state index in [0.717, 1.165) is 37.8 Å². The van der Waals surface area contributed by atoms with Gasteiger partial charge in [0.25, 0.3) is 0 Å². The van der Waals surface area contributed by atoms with Gasteiger partial charge in [-0.25, -0.2) is 4.39 Å². The molecule has 1 fully saturated rings. The van der Waals surface area contributed by atoms with Crippen molar-refractivity contribution in [3.05, 3.63) is 29.6 Å². The summed E-state index contributed by atoms with van der Waals surface area (Å²) in [7, 11) is 1.57. The Kier molecular flexibility index (Phi) is 4.46. The van der Waals surface area contributed by atoms with Crippen LogP contribution in [0.4, 0.5) is 4.39 Å². The van der Waals surface area contributed by atoms with Crippen molar-refractivity contribution >= 4 is 0 Å². The first-order chi connectivity index (χ1) is 9.09. The molecule has 1 aliphatic rings. The van der Waals surface area contributed by atoms with Gasteiger partial charge in [-0.05, 0) is 49.3 Å². The van der Waals surface area contributed by atoms with Gasteiger partial charge in [0.2, 0.25) is 0 Å². The minimum Gasteiger partial charge on any atom is -0.497 e. The number of halogens is 1. The van der Waals surface area contributed by atoms with Gasteiger partial charge in [-0.15, -0.1) is 0 Å². The topological polar surface area (TPSA) is 21.3 Å². The molecule has 1 aromatic carbocycles. The SMILES string of the molecule is CCCNC1CCC(C)(c2ccc(OC)cc2F)C1. The molecule has 0 aliphatic heterocycles. The van der Waals surface area contributed by atoms with E-state index in [1.807, 2.05) is 12.1 Å². The van der Waals surface area contributed by atoms with Crippen LogP contribution < -0.4 is 10.1 Å². The van der Waals surface area contributed by atoms with Gasteiger partial charge in [-0.1, -0.05) is 19.9 Å². The van der Waals surface area contributed by atoms with Gasteiger partial charge in [-0.3, -0.25) is 0 Å². The third-order valence-corrected chi connectivity index (χ3v) is 4.25. The Morgan fingerprint density at radius 3 is 2.89 bits per heavy atom. The predicted molar refractivity (Wildman–Crippen MR) is 76.2 cm³/mol. The molecule has 2 atom stereocenters. The minimum atomic E-state index is -0.141. The van der Waals surface area contributed by atoms with E-state index >= 15 is 0 Å². The summed E-state index contributed by atoms with van der Waals surface area (Å²) in [4.78, 5) is 0. The molecule has 19 heavy (non-hydrogen) atoms. The Labute approximate surface area is 115 Å². The van der Waals surface area contributed by atoms with Crippen LogP contribution in [-0.2, 0) is 5.41 Å². The maximum atomic E-state index is 14.2. The van der Waals surface area contributed by atoms with Crippen molar-refractivity contribution < 1.29 is 9.13 Å². The van der Waals surface area contributed by atoms with Crippen LogP contribution in [-0.4, -0.2) is 19.7 Å². The lowest BCUT2D eigenvalue weighted by atomic mass is 9.80. The van der Waals surface area contributed by atoms with E-state index in [2.05, 4.69) is 19.2 Å². The van der Waals surface area contributed by atoms with Crippen LogP contribution in [0.15, 0.2) is 18.2 Å². The zero-order chi connectivity index (χ0) is 13.9. The van der Waals surface area contributed by atoms with Gasteiger partial charge in [0.1, 0.15) is 11.6 Å². The molecule has 0 amide bonds. The quantitative estimate of drug-likeness (QED) is 0.877. The summed E-state index contributed by atoms with van der Waals surface area (Å²) in [6.45, 7) is 5.39. The van der Waals surface area contributed by atoms with Crippen LogP contribution in [0.1, 0.15) is 45.1 Å². The molecule has 1 aliphatic carbocycles. The van der Waals surface area contributed by atoms with Gasteiger partial charge < -0.3 is 10.1 Å². The Morgan fingerprint density at radius 1 is 1.47 bits per heavy atom. The minimum absolute atomic E-state index is 0.0538. The normalized spacial score (nSPS) is 26.6. The number of hydrogen-bond acceptors (Lipinski definition) is 2. The number of benzene rings is 1. The molecular formula is C16H24FNO. The van der Waals surface area contributed by atoms with Crippen LogP contribution in [0.5, 0.6) is 5.75 Å². The molecule has 2 unspecified atom stereocenters. The average Bonchev–Trinajstić information content (AvgIpc) is 2.78. The highest BCUT2D eigenvalue weighted by Crippen LogP contribution is 2.42. The standard InChI is InChI=1S/C16H24FNO/c1-4-9-18-12-7-8-16(2,11-12)14-6-5-13(19-3)10-15(14)17/h5-6,10,12,18H,4,7-9,11H2,1-3H3. The second kappa shape index (κ2) is 5.91. The molecular weight excluding hydrogens is 241 g/mol. The molecule has 1 saturated carbocycles. The van der Waals surface area contributed by atoms with Crippen LogP contribution in [0, 0.1) is 5.82 Å². The number of rotatable bonds is 5. The van der Waals surface area contributed by atoms with Crippen LogP contribution >= 0.6 is 0 Å². The summed E-state index contributed by atoms with van der Waals surface area (Å²) in [6.07, 6.45) is 4.32. The fraction of sp³-hybridized carbons (Fsp3) is 0.625. The van der Waals surface area contributed by atoms with Gasteiger partial charge in [0.15, 0.2) is 0 Å². The fourth-order valence-corrected chi connectivity index (χ4v) is 3.12. The van der Waals surface area contributed by atoms with Crippen molar-refractivity contribution in [2.75, 3.05) is 13.7 Å². The molecule has 0 saturated heterocycles. The number of hydrogen-bond donors (Lipinski definition) is 1. The Morgan fingerprint density at radius 2 is 2.26 bits per heavy atom. The van der Waals surface area contributed by atoms with Crippen molar-refractivity contribution in [3.8, 4) is 5.75 Å². The molecule has 0 heterocycles. The molecule has 1 N–H and O–H groups in total. The lowest BCUT2D eigenvalue weighted by Crippen LogP contribution is -2.29. The molecule has 1 aromatic rings. The van der Waals surface area contributed by atoms with Gasteiger partial charge in [0.05, 0.1) is 7.11 Å². The molecule has 2 nitrogen and oxygen atoms in total. The van der Waals surface area contributed by atoms with Gasteiger partial charge in [-0.2, -0.15) is 0 Å². The van der Waals surface area contributed by atoms with Crippen molar-refractivity contribution in [2.24, 2.45) is 0 Å². The van der Waals surface area contributed by atoms with E-state index in [-0.39, 0.29) is 11.2 Å².